The number of aryl methyl sites for hydroxylation is 2. The standard InChI is InChI=1S/C15H15N3/c1-10-7-8-12(16)9-15(10)18-11(2)17-13-5-3-4-6-14(13)18/h3-9H,16H2,1-2H3. The van der Waals surface area contributed by atoms with Gasteiger partial charge in [-0.15, -0.1) is 0 Å². The van der Waals surface area contributed by atoms with Gasteiger partial charge < -0.3 is 5.73 Å². The largest absolute Gasteiger partial charge is 0.399 e. The van der Waals surface area contributed by atoms with Crippen LogP contribution in [0.1, 0.15) is 11.4 Å². The van der Waals surface area contributed by atoms with Crippen LogP contribution in [0.15, 0.2) is 42.5 Å². The highest BCUT2D eigenvalue weighted by Gasteiger charge is 2.10. The fourth-order valence-electron chi connectivity index (χ4n) is 2.32. The van der Waals surface area contributed by atoms with Gasteiger partial charge in [-0.25, -0.2) is 4.98 Å². The van der Waals surface area contributed by atoms with Crippen LogP contribution in [0.25, 0.3) is 16.7 Å². The van der Waals surface area contributed by atoms with Gasteiger partial charge in [0, 0.05) is 5.69 Å². The van der Waals surface area contributed by atoms with Gasteiger partial charge in [0.25, 0.3) is 0 Å². The number of nitrogen functional groups attached to an aromatic ring is 1. The number of aromatic nitrogens is 2. The van der Waals surface area contributed by atoms with Crippen molar-refractivity contribution in [2.75, 3.05) is 5.73 Å². The van der Waals surface area contributed by atoms with Gasteiger partial charge in [-0.05, 0) is 43.7 Å². The number of rotatable bonds is 1. The van der Waals surface area contributed by atoms with Crippen molar-refractivity contribution in [2.45, 2.75) is 13.8 Å². The summed E-state index contributed by atoms with van der Waals surface area (Å²) in [6.07, 6.45) is 0. The molecule has 0 atom stereocenters. The van der Waals surface area contributed by atoms with E-state index in [1.54, 1.807) is 0 Å². The third-order valence-corrected chi connectivity index (χ3v) is 3.20. The summed E-state index contributed by atoms with van der Waals surface area (Å²) in [7, 11) is 0. The Hall–Kier alpha value is -2.29. The zero-order chi connectivity index (χ0) is 12.7. The molecule has 0 amide bonds. The van der Waals surface area contributed by atoms with Crippen molar-refractivity contribution in [2.24, 2.45) is 0 Å². The molecule has 1 heterocycles. The maximum Gasteiger partial charge on any atom is 0.111 e. The zero-order valence-electron chi connectivity index (χ0n) is 10.5. The molecule has 0 unspecified atom stereocenters. The van der Waals surface area contributed by atoms with Gasteiger partial charge >= 0.3 is 0 Å². The van der Waals surface area contributed by atoms with Crippen LogP contribution in [0.5, 0.6) is 0 Å². The molecule has 3 heteroatoms. The number of para-hydroxylation sites is 2. The van der Waals surface area contributed by atoms with Crippen molar-refractivity contribution in [1.82, 2.24) is 9.55 Å². The lowest BCUT2D eigenvalue weighted by molar-refractivity contribution is 0.991. The summed E-state index contributed by atoms with van der Waals surface area (Å²) in [5.41, 5.74) is 11.1. The van der Waals surface area contributed by atoms with Crippen molar-refractivity contribution < 1.29 is 0 Å². The predicted octanol–water partition coefficient (Wildman–Crippen LogP) is 3.22. The zero-order valence-corrected chi connectivity index (χ0v) is 10.5. The summed E-state index contributed by atoms with van der Waals surface area (Å²) in [6, 6.07) is 14.1. The topological polar surface area (TPSA) is 43.8 Å². The van der Waals surface area contributed by atoms with Crippen molar-refractivity contribution in [3.8, 4) is 5.69 Å². The molecule has 18 heavy (non-hydrogen) atoms. The molecule has 3 rings (SSSR count). The number of nitrogens with zero attached hydrogens (tertiary/aromatic N) is 2. The van der Waals surface area contributed by atoms with Gasteiger partial charge in [0.15, 0.2) is 0 Å². The number of anilines is 1. The maximum absolute atomic E-state index is 5.89. The van der Waals surface area contributed by atoms with E-state index in [0.29, 0.717) is 0 Å². The fraction of sp³-hybridized carbons (Fsp3) is 0.133. The Balaban J connectivity index is 2.37. The summed E-state index contributed by atoms with van der Waals surface area (Å²) >= 11 is 0. The van der Waals surface area contributed by atoms with Crippen molar-refractivity contribution >= 4 is 16.7 Å². The Bertz CT molecular complexity index is 726. The summed E-state index contributed by atoms with van der Waals surface area (Å²) in [5.74, 6) is 0.977. The first kappa shape index (κ1) is 10.8. The summed E-state index contributed by atoms with van der Waals surface area (Å²) in [6.45, 7) is 4.10. The van der Waals surface area contributed by atoms with Crippen LogP contribution in [0, 0.1) is 13.8 Å². The van der Waals surface area contributed by atoms with Crippen molar-refractivity contribution in [3.05, 3.63) is 53.9 Å². The molecule has 0 spiro atoms. The van der Waals surface area contributed by atoms with Crippen LogP contribution in [-0.2, 0) is 0 Å². The van der Waals surface area contributed by atoms with E-state index in [1.807, 2.05) is 43.3 Å². The van der Waals surface area contributed by atoms with E-state index in [1.165, 1.54) is 5.56 Å². The summed E-state index contributed by atoms with van der Waals surface area (Å²) in [5, 5.41) is 0. The predicted molar refractivity (Wildman–Crippen MR) is 75.0 cm³/mol. The average Bonchev–Trinajstić information content (AvgIpc) is 2.68. The molecule has 0 saturated heterocycles. The quantitative estimate of drug-likeness (QED) is 0.660. The molecule has 0 aliphatic carbocycles. The Morgan fingerprint density at radius 3 is 2.67 bits per heavy atom. The number of benzene rings is 2. The molecule has 0 saturated carbocycles. The van der Waals surface area contributed by atoms with E-state index < -0.39 is 0 Å². The maximum atomic E-state index is 5.89. The fourth-order valence-corrected chi connectivity index (χ4v) is 2.32. The molecule has 2 aromatic carbocycles. The lowest BCUT2D eigenvalue weighted by Crippen LogP contribution is -2.00. The van der Waals surface area contributed by atoms with Crippen LogP contribution in [0.4, 0.5) is 5.69 Å². The van der Waals surface area contributed by atoms with E-state index in [4.69, 9.17) is 5.73 Å². The minimum atomic E-state index is 0.771. The second-order valence-electron chi connectivity index (χ2n) is 4.53. The van der Waals surface area contributed by atoms with Gasteiger partial charge in [-0.2, -0.15) is 0 Å². The number of imidazole rings is 1. The Labute approximate surface area is 106 Å². The summed E-state index contributed by atoms with van der Waals surface area (Å²) < 4.78 is 2.15. The third kappa shape index (κ3) is 1.56. The number of nitrogens with two attached hydrogens (primary N) is 1. The molecule has 3 aromatic rings. The highest BCUT2D eigenvalue weighted by molar-refractivity contribution is 5.78. The van der Waals surface area contributed by atoms with Gasteiger partial charge in [0.1, 0.15) is 5.82 Å². The third-order valence-electron chi connectivity index (χ3n) is 3.20. The van der Waals surface area contributed by atoms with E-state index in [9.17, 15) is 0 Å². The van der Waals surface area contributed by atoms with Crippen molar-refractivity contribution in [3.63, 3.8) is 0 Å². The number of hydrogen-bond donors (Lipinski definition) is 1. The number of hydrogen-bond acceptors (Lipinski definition) is 2. The molecular formula is C15H15N3. The molecule has 0 aliphatic heterocycles. The smallest absolute Gasteiger partial charge is 0.111 e. The van der Waals surface area contributed by atoms with Gasteiger partial charge in [0.05, 0.1) is 16.7 Å². The van der Waals surface area contributed by atoms with E-state index in [-0.39, 0.29) is 0 Å². The number of fused-ring (bicyclic) bond motifs is 1. The SMILES string of the molecule is Cc1ccc(N)cc1-n1c(C)nc2ccccc21. The normalized spacial score (nSPS) is 11.0. The molecule has 2 N–H and O–H groups in total. The second kappa shape index (κ2) is 3.88. The molecule has 90 valence electrons. The molecule has 0 fully saturated rings. The monoisotopic (exact) mass is 237 g/mol. The Morgan fingerprint density at radius 2 is 1.83 bits per heavy atom. The lowest BCUT2D eigenvalue weighted by atomic mass is 10.1. The first-order chi connectivity index (χ1) is 8.66. The van der Waals surface area contributed by atoms with E-state index >= 15 is 0 Å². The Kier molecular flexibility index (Phi) is 2.33. The van der Waals surface area contributed by atoms with Crippen LogP contribution < -0.4 is 5.73 Å². The van der Waals surface area contributed by atoms with Gasteiger partial charge in [0.2, 0.25) is 0 Å². The molecule has 3 nitrogen and oxygen atoms in total. The molecule has 0 bridgehead atoms. The molecule has 0 aliphatic rings. The Morgan fingerprint density at radius 1 is 1.06 bits per heavy atom. The van der Waals surface area contributed by atoms with E-state index in [0.717, 1.165) is 28.2 Å². The highest BCUT2D eigenvalue weighted by atomic mass is 15.1. The first-order valence-corrected chi connectivity index (χ1v) is 5.97. The van der Waals surface area contributed by atoms with Crippen LogP contribution in [0.2, 0.25) is 0 Å². The van der Waals surface area contributed by atoms with Crippen LogP contribution in [-0.4, -0.2) is 9.55 Å². The van der Waals surface area contributed by atoms with Gasteiger partial charge in [-0.3, -0.25) is 4.57 Å². The molecule has 0 radical (unpaired) electrons. The average molecular weight is 237 g/mol. The lowest BCUT2D eigenvalue weighted by Gasteiger charge is -2.11. The minimum Gasteiger partial charge on any atom is -0.399 e. The highest BCUT2D eigenvalue weighted by Crippen LogP contribution is 2.24. The van der Waals surface area contributed by atoms with Crippen LogP contribution >= 0.6 is 0 Å². The van der Waals surface area contributed by atoms with E-state index in [2.05, 4.69) is 22.5 Å². The second-order valence-corrected chi connectivity index (χ2v) is 4.53. The van der Waals surface area contributed by atoms with Crippen LogP contribution in [0.3, 0.4) is 0 Å². The summed E-state index contributed by atoms with van der Waals surface area (Å²) in [4.78, 5) is 4.58. The van der Waals surface area contributed by atoms with Crippen molar-refractivity contribution in [1.29, 1.82) is 0 Å². The van der Waals surface area contributed by atoms with Gasteiger partial charge in [-0.1, -0.05) is 18.2 Å². The molecule has 1 aromatic heterocycles. The first-order valence-electron chi connectivity index (χ1n) is 5.97. The minimum absolute atomic E-state index is 0.771. The molecular weight excluding hydrogens is 222 g/mol.